The summed E-state index contributed by atoms with van der Waals surface area (Å²) in [4.78, 5) is 22.8. The molecule has 2 aliphatic rings. The molecule has 1 aromatic rings. The molecule has 0 aliphatic carbocycles. The maximum Gasteiger partial charge on any atom is 0.255 e. The summed E-state index contributed by atoms with van der Waals surface area (Å²) in [7, 11) is 5.71. The molecule has 0 atom stereocenters. The van der Waals surface area contributed by atoms with Crippen LogP contribution in [0.25, 0.3) is 5.57 Å². The van der Waals surface area contributed by atoms with Gasteiger partial charge in [0.2, 0.25) is 0 Å². The van der Waals surface area contributed by atoms with Crippen LogP contribution in [0.5, 0.6) is 0 Å². The average Bonchev–Trinajstić information content (AvgIpc) is 3.10. The number of likely N-dealkylation sites (tertiary alicyclic amines) is 1. The number of H-pyrrole nitrogens is 1. The second kappa shape index (κ2) is 8.73. The summed E-state index contributed by atoms with van der Waals surface area (Å²) >= 11 is 0. The smallest absolute Gasteiger partial charge is 0.255 e. The Morgan fingerprint density at radius 2 is 2.15 bits per heavy atom. The number of fused-ring (bicyclic) bond motifs is 1. The van der Waals surface area contributed by atoms with Gasteiger partial charge in [-0.25, -0.2) is 0 Å². The molecule has 0 bridgehead atoms. The number of amides is 1. The average molecular weight is 361 g/mol. The molecule has 1 aromatic heterocycles. The zero-order valence-corrected chi connectivity index (χ0v) is 16.3. The predicted octanol–water partition coefficient (Wildman–Crippen LogP) is 2.01. The first-order valence-electron chi connectivity index (χ1n) is 9.64. The molecule has 144 valence electrons. The molecule has 6 nitrogen and oxygen atoms in total. The molecule has 3 heterocycles. The maximum absolute atomic E-state index is 13.0. The highest BCUT2D eigenvalue weighted by Crippen LogP contribution is 2.27. The third-order valence-electron chi connectivity index (χ3n) is 5.52. The standard InChI is InChI=1S/C20H32N4O2/c1-22-14-18(17-5-8-21-19(17)15-22)20(25)23(2)13-16-6-10-24(11-7-16)9-4-12-26-3/h5,8,14,16,21H,4,6-7,9-13,15H2,1-3H3. The number of hydrogen-bond acceptors (Lipinski definition) is 4. The number of carbonyl (C=O) groups excluding carboxylic acids is 1. The van der Waals surface area contributed by atoms with Crippen molar-refractivity contribution in [2.75, 3.05) is 54.0 Å². The maximum atomic E-state index is 13.0. The van der Waals surface area contributed by atoms with Crippen molar-refractivity contribution in [1.29, 1.82) is 0 Å². The van der Waals surface area contributed by atoms with E-state index in [1.807, 2.05) is 37.5 Å². The lowest BCUT2D eigenvalue weighted by atomic mass is 9.95. The topological polar surface area (TPSA) is 51.8 Å². The first kappa shape index (κ1) is 19.0. The van der Waals surface area contributed by atoms with E-state index in [-0.39, 0.29) is 5.91 Å². The van der Waals surface area contributed by atoms with Crippen LogP contribution in [-0.4, -0.2) is 79.6 Å². The number of nitrogens with zero attached hydrogens (tertiary/aromatic N) is 3. The Morgan fingerprint density at radius 3 is 2.88 bits per heavy atom. The van der Waals surface area contributed by atoms with E-state index >= 15 is 0 Å². The Bertz CT molecular complexity index is 632. The highest BCUT2D eigenvalue weighted by Gasteiger charge is 2.27. The SMILES string of the molecule is COCCCN1CCC(CN(C)C(=O)C2=CN(C)Cc3[nH]ccc32)CC1. The molecule has 1 saturated heterocycles. The summed E-state index contributed by atoms with van der Waals surface area (Å²) in [5.74, 6) is 0.718. The van der Waals surface area contributed by atoms with Crippen LogP contribution in [0.3, 0.4) is 0 Å². The van der Waals surface area contributed by atoms with E-state index in [4.69, 9.17) is 4.74 Å². The van der Waals surface area contributed by atoms with Crippen LogP contribution in [0, 0.1) is 5.92 Å². The van der Waals surface area contributed by atoms with Crippen LogP contribution >= 0.6 is 0 Å². The van der Waals surface area contributed by atoms with E-state index in [0.29, 0.717) is 5.92 Å². The van der Waals surface area contributed by atoms with Crippen LogP contribution in [0.15, 0.2) is 18.5 Å². The molecule has 26 heavy (non-hydrogen) atoms. The zero-order chi connectivity index (χ0) is 18.5. The fraction of sp³-hybridized carbons (Fsp3) is 0.650. The van der Waals surface area contributed by atoms with E-state index in [9.17, 15) is 4.79 Å². The first-order chi connectivity index (χ1) is 12.6. The lowest BCUT2D eigenvalue weighted by molar-refractivity contribution is -0.124. The molecule has 3 rings (SSSR count). The number of piperidine rings is 1. The van der Waals surface area contributed by atoms with Crippen molar-refractivity contribution in [3.8, 4) is 0 Å². The number of carbonyl (C=O) groups is 1. The third kappa shape index (κ3) is 4.48. The molecule has 1 fully saturated rings. The van der Waals surface area contributed by atoms with E-state index in [0.717, 1.165) is 62.6 Å². The molecule has 0 unspecified atom stereocenters. The number of aromatic nitrogens is 1. The van der Waals surface area contributed by atoms with Gasteiger partial charge in [0.15, 0.2) is 0 Å². The second-order valence-electron chi connectivity index (χ2n) is 7.64. The van der Waals surface area contributed by atoms with Gasteiger partial charge >= 0.3 is 0 Å². The number of hydrogen-bond donors (Lipinski definition) is 1. The number of rotatable bonds is 7. The van der Waals surface area contributed by atoms with Crippen molar-refractivity contribution in [3.63, 3.8) is 0 Å². The molecule has 2 aliphatic heterocycles. The fourth-order valence-electron chi connectivity index (χ4n) is 4.04. The Labute approximate surface area is 156 Å². The van der Waals surface area contributed by atoms with Crippen molar-refractivity contribution in [1.82, 2.24) is 19.7 Å². The van der Waals surface area contributed by atoms with Gasteiger partial charge in [-0.3, -0.25) is 4.79 Å². The van der Waals surface area contributed by atoms with Gasteiger partial charge < -0.3 is 24.4 Å². The van der Waals surface area contributed by atoms with Gasteiger partial charge in [-0.05, 0) is 44.3 Å². The van der Waals surface area contributed by atoms with Gasteiger partial charge in [0.05, 0.1) is 12.1 Å². The van der Waals surface area contributed by atoms with Gasteiger partial charge in [0.25, 0.3) is 5.91 Å². The lowest BCUT2D eigenvalue weighted by Gasteiger charge is -2.34. The summed E-state index contributed by atoms with van der Waals surface area (Å²) in [6.07, 6.45) is 7.33. The summed E-state index contributed by atoms with van der Waals surface area (Å²) < 4.78 is 5.14. The molecule has 1 amide bonds. The van der Waals surface area contributed by atoms with Crippen molar-refractivity contribution < 1.29 is 9.53 Å². The van der Waals surface area contributed by atoms with Gasteiger partial charge in [-0.15, -0.1) is 0 Å². The van der Waals surface area contributed by atoms with Crippen LogP contribution in [-0.2, 0) is 16.1 Å². The Balaban J connectivity index is 1.51. The quantitative estimate of drug-likeness (QED) is 0.756. The molecule has 0 aromatic carbocycles. The second-order valence-corrected chi connectivity index (χ2v) is 7.64. The number of methoxy groups -OCH3 is 1. The molecule has 0 spiro atoms. The minimum Gasteiger partial charge on any atom is -0.385 e. The molecule has 6 heteroatoms. The zero-order valence-electron chi connectivity index (χ0n) is 16.3. The monoisotopic (exact) mass is 360 g/mol. The number of aromatic amines is 1. The molecular formula is C20H32N4O2. The van der Waals surface area contributed by atoms with E-state index in [1.54, 1.807) is 7.11 Å². The van der Waals surface area contributed by atoms with Crippen LogP contribution < -0.4 is 0 Å². The van der Waals surface area contributed by atoms with Crippen LogP contribution in [0.1, 0.15) is 30.5 Å². The van der Waals surface area contributed by atoms with Gasteiger partial charge in [-0.1, -0.05) is 0 Å². The van der Waals surface area contributed by atoms with Gasteiger partial charge in [0.1, 0.15) is 0 Å². The van der Waals surface area contributed by atoms with E-state index in [1.165, 1.54) is 12.8 Å². The Hall–Kier alpha value is -1.79. The number of ether oxygens (including phenoxy) is 1. The lowest BCUT2D eigenvalue weighted by Crippen LogP contribution is -2.40. The highest BCUT2D eigenvalue weighted by molar-refractivity contribution is 6.19. The summed E-state index contributed by atoms with van der Waals surface area (Å²) in [6.45, 7) is 5.87. The van der Waals surface area contributed by atoms with Gasteiger partial charge in [0, 0.05) is 64.6 Å². The summed E-state index contributed by atoms with van der Waals surface area (Å²) in [5, 5.41) is 0. The molecular weight excluding hydrogens is 328 g/mol. The first-order valence-corrected chi connectivity index (χ1v) is 9.64. The van der Waals surface area contributed by atoms with Crippen LogP contribution in [0.2, 0.25) is 0 Å². The minimum atomic E-state index is 0.125. The fourth-order valence-corrected chi connectivity index (χ4v) is 4.04. The minimum absolute atomic E-state index is 0.125. The Kier molecular flexibility index (Phi) is 6.38. The van der Waals surface area contributed by atoms with Crippen molar-refractivity contribution in [3.05, 3.63) is 29.7 Å². The van der Waals surface area contributed by atoms with Crippen LogP contribution in [0.4, 0.5) is 0 Å². The normalized spacial score (nSPS) is 18.6. The largest absolute Gasteiger partial charge is 0.385 e. The molecule has 1 N–H and O–H groups in total. The van der Waals surface area contributed by atoms with Crippen molar-refractivity contribution in [2.45, 2.75) is 25.8 Å². The van der Waals surface area contributed by atoms with E-state index in [2.05, 4.69) is 14.8 Å². The highest BCUT2D eigenvalue weighted by atomic mass is 16.5. The molecule has 0 radical (unpaired) electrons. The summed E-state index contributed by atoms with van der Waals surface area (Å²) in [5.41, 5.74) is 2.97. The van der Waals surface area contributed by atoms with Crippen molar-refractivity contribution >= 4 is 11.5 Å². The van der Waals surface area contributed by atoms with E-state index < -0.39 is 0 Å². The molecule has 0 saturated carbocycles. The third-order valence-corrected chi connectivity index (χ3v) is 5.52. The van der Waals surface area contributed by atoms with Gasteiger partial charge in [-0.2, -0.15) is 0 Å². The number of nitrogens with one attached hydrogen (secondary N) is 1. The van der Waals surface area contributed by atoms with Crippen molar-refractivity contribution in [2.24, 2.45) is 5.92 Å². The summed E-state index contributed by atoms with van der Waals surface area (Å²) in [6, 6.07) is 2.01. The number of likely N-dealkylation sites (N-methyl/N-ethyl adjacent to an activating group) is 1. The Morgan fingerprint density at radius 1 is 1.38 bits per heavy atom. The predicted molar refractivity (Wildman–Crippen MR) is 104 cm³/mol.